The van der Waals surface area contributed by atoms with E-state index in [9.17, 15) is 9.59 Å². The quantitative estimate of drug-likeness (QED) is 0.309. The Bertz CT molecular complexity index is 1110. The van der Waals surface area contributed by atoms with E-state index in [1.165, 1.54) is 13.8 Å². The van der Waals surface area contributed by atoms with E-state index < -0.39 is 5.79 Å². The fourth-order valence-corrected chi connectivity index (χ4v) is 4.38. The van der Waals surface area contributed by atoms with Gasteiger partial charge in [0.15, 0.2) is 0 Å². The van der Waals surface area contributed by atoms with Crippen molar-refractivity contribution in [3.05, 3.63) is 64.1 Å². The number of amidine groups is 1. The molecule has 9 heteroatoms. The molecule has 8 nitrogen and oxygen atoms in total. The molecule has 1 aliphatic rings. The van der Waals surface area contributed by atoms with E-state index in [4.69, 9.17) is 9.83 Å². The maximum absolute atomic E-state index is 12.3. The highest BCUT2D eigenvalue weighted by molar-refractivity contribution is 9.10. The zero-order chi connectivity index (χ0) is 25.6. The van der Waals surface area contributed by atoms with Crippen molar-refractivity contribution in [2.45, 2.75) is 52.4 Å². The molecule has 1 aliphatic heterocycles. The minimum Gasteiger partial charge on any atom is -0.340 e. The van der Waals surface area contributed by atoms with Gasteiger partial charge in [-0.25, -0.2) is 4.99 Å². The minimum absolute atomic E-state index is 0.128. The van der Waals surface area contributed by atoms with Gasteiger partial charge in [0, 0.05) is 29.6 Å². The number of nitrogens with one attached hydrogen (secondary N) is 3. The van der Waals surface area contributed by atoms with Crippen LogP contribution in [0.15, 0.2) is 58.0 Å². The van der Waals surface area contributed by atoms with E-state index in [1.54, 1.807) is 7.11 Å². The van der Waals surface area contributed by atoms with Gasteiger partial charge >= 0.3 is 0 Å². The molecule has 3 rings (SSSR count). The van der Waals surface area contributed by atoms with E-state index >= 15 is 0 Å². The molecule has 3 N–H and O–H groups in total. The zero-order valence-corrected chi connectivity index (χ0v) is 22.3. The molecule has 0 saturated heterocycles. The number of hydrogen-bond acceptors (Lipinski definition) is 6. The summed E-state index contributed by atoms with van der Waals surface area (Å²) in [6, 6.07) is 13.7. The third-order valence-electron chi connectivity index (χ3n) is 5.52. The zero-order valence-electron chi connectivity index (χ0n) is 20.7. The molecule has 0 bridgehead atoms. The lowest BCUT2D eigenvalue weighted by Crippen LogP contribution is -2.58. The summed E-state index contributed by atoms with van der Waals surface area (Å²) in [5.74, 6) is -1.67. The van der Waals surface area contributed by atoms with Crippen molar-refractivity contribution in [3.63, 3.8) is 0 Å². The van der Waals surface area contributed by atoms with E-state index in [2.05, 4.69) is 45.7 Å². The number of anilines is 2. The lowest BCUT2D eigenvalue weighted by Gasteiger charge is -2.38. The van der Waals surface area contributed by atoms with Gasteiger partial charge in [-0.05, 0) is 55.3 Å². The highest BCUT2D eigenvalue weighted by Crippen LogP contribution is 2.36. The van der Waals surface area contributed by atoms with Crippen molar-refractivity contribution in [1.82, 2.24) is 10.6 Å². The SMILES string of the molecule is CCCC(C)N(OC)c1ccc2c(c1)C(NC(C)=O)(NC(C)=O)N=C(/C=C/c1ccc(Br)cc1)N2. The molecule has 0 radical (unpaired) electrons. The van der Waals surface area contributed by atoms with Crippen LogP contribution in [0.4, 0.5) is 11.4 Å². The lowest BCUT2D eigenvalue weighted by molar-refractivity contribution is -0.124. The van der Waals surface area contributed by atoms with Gasteiger partial charge in [0.05, 0.1) is 18.8 Å². The Hall–Kier alpha value is -3.17. The number of carbonyl (C=O) groups is 2. The largest absolute Gasteiger partial charge is 0.340 e. The number of fused-ring (bicyclic) bond motifs is 1. The number of halogens is 1. The van der Waals surface area contributed by atoms with Crippen LogP contribution in [-0.2, 0) is 20.2 Å². The molecular weight excluding hydrogens is 510 g/mol. The Morgan fingerprint density at radius 2 is 1.80 bits per heavy atom. The van der Waals surface area contributed by atoms with Gasteiger partial charge in [-0.2, -0.15) is 0 Å². The molecule has 1 heterocycles. The van der Waals surface area contributed by atoms with Crippen LogP contribution in [0.3, 0.4) is 0 Å². The number of hydroxylamine groups is 1. The first-order valence-corrected chi connectivity index (χ1v) is 12.3. The second-order valence-electron chi connectivity index (χ2n) is 8.46. The number of aliphatic imine (C=N–C) groups is 1. The first-order chi connectivity index (χ1) is 16.7. The van der Waals surface area contributed by atoms with Gasteiger partial charge in [0.1, 0.15) is 5.84 Å². The molecule has 0 aromatic heterocycles. The van der Waals surface area contributed by atoms with Crippen LogP contribution in [0, 0.1) is 0 Å². The predicted octanol–water partition coefficient (Wildman–Crippen LogP) is 4.93. The Kier molecular flexibility index (Phi) is 8.69. The van der Waals surface area contributed by atoms with Crippen LogP contribution in [0.25, 0.3) is 6.08 Å². The summed E-state index contributed by atoms with van der Waals surface area (Å²) in [5.41, 5.74) is 3.08. The van der Waals surface area contributed by atoms with E-state index in [0.29, 0.717) is 17.1 Å². The molecule has 0 aliphatic carbocycles. The monoisotopic (exact) mass is 541 g/mol. The first-order valence-electron chi connectivity index (χ1n) is 11.5. The minimum atomic E-state index is -1.49. The molecule has 1 atom stereocenters. The number of rotatable bonds is 9. The normalized spacial score (nSPS) is 15.0. The summed E-state index contributed by atoms with van der Waals surface area (Å²) >= 11 is 3.44. The van der Waals surface area contributed by atoms with E-state index in [1.807, 2.05) is 59.7 Å². The number of benzene rings is 2. The molecule has 2 aromatic carbocycles. The molecule has 2 amide bonds. The summed E-state index contributed by atoms with van der Waals surface area (Å²) < 4.78 is 0.987. The standard InChI is InChI=1S/C26H32BrN5O3/c1-6-7-17(2)32(35-5)22-13-14-24-23(16-22)26(29-18(3)33,30-19(4)34)31-25(28-24)15-10-20-8-11-21(27)12-9-20/h8-17H,6-7H2,1-5H3,(H,28,31)(H,29,33)(H,30,34)/b15-10+. The average molecular weight is 542 g/mol. The molecule has 35 heavy (non-hydrogen) atoms. The second kappa shape index (κ2) is 11.5. The van der Waals surface area contributed by atoms with Crippen LogP contribution in [0.5, 0.6) is 0 Å². The smallest absolute Gasteiger partial charge is 0.240 e. The predicted molar refractivity (Wildman–Crippen MR) is 144 cm³/mol. The third kappa shape index (κ3) is 6.49. The van der Waals surface area contributed by atoms with Crippen LogP contribution >= 0.6 is 15.9 Å². The topological polar surface area (TPSA) is 95.1 Å². The molecule has 0 saturated carbocycles. The van der Waals surface area contributed by atoms with Gasteiger partial charge in [-0.3, -0.25) is 19.5 Å². The summed E-state index contributed by atoms with van der Waals surface area (Å²) in [4.78, 5) is 35.0. The fourth-order valence-electron chi connectivity index (χ4n) is 4.12. The Morgan fingerprint density at radius 3 is 2.37 bits per heavy atom. The number of carbonyl (C=O) groups excluding carboxylic acids is 2. The molecule has 2 aromatic rings. The summed E-state index contributed by atoms with van der Waals surface area (Å²) in [6.45, 7) is 7.00. The summed E-state index contributed by atoms with van der Waals surface area (Å²) in [7, 11) is 1.63. The fraction of sp³-hybridized carbons (Fsp3) is 0.346. The van der Waals surface area contributed by atoms with Gasteiger partial charge < -0.3 is 16.0 Å². The summed E-state index contributed by atoms with van der Waals surface area (Å²) in [5, 5.41) is 10.9. The van der Waals surface area contributed by atoms with Gasteiger partial charge in [-0.1, -0.05) is 47.5 Å². The molecular formula is C26H32BrN5O3. The maximum Gasteiger partial charge on any atom is 0.240 e. The molecule has 1 unspecified atom stereocenters. The van der Waals surface area contributed by atoms with Gasteiger partial charge in [0.25, 0.3) is 0 Å². The number of nitrogens with zero attached hydrogens (tertiary/aromatic N) is 2. The van der Waals surface area contributed by atoms with E-state index in [-0.39, 0.29) is 17.9 Å². The Morgan fingerprint density at radius 1 is 1.14 bits per heavy atom. The van der Waals surface area contributed by atoms with Crippen LogP contribution < -0.4 is 21.0 Å². The van der Waals surface area contributed by atoms with E-state index in [0.717, 1.165) is 28.6 Å². The molecule has 186 valence electrons. The van der Waals surface area contributed by atoms with Crippen LogP contribution in [0.1, 0.15) is 51.7 Å². The summed E-state index contributed by atoms with van der Waals surface area (Å²) in [6.07, 6.45) is 5.66. The van der Waals surface area contributed by atoms with Crippen LogP contribution in [-0.4, -0.2) is 30.8 Å². The first kappa shape index (κ1) is 26.4. The van der Waals surface area contributed by atoms with Gasteiger partial charge in [0.2, 0.25) is 17.6 Å². The van der Waals surface area contributed by atoms with Crippen molar-refractivity contribution in [3.8, 4) is 0 Å². The second-order valence-corrected chi connectivity index (χ2v) is 9.37. The highest BCUT2D eigenvalue weighted by Gasteiger charge is 2.40. The van der Waals surface area contributed by atoms with Crippen molar-refractivity contribution in [2.75, 3.05) is 17.5 Å². The Labute approximate surface area is 214 Å². The van der Waals surface area contributed by atoms with Crippen molar-refractivity contribution in [2.24, 2.45) is 4.99 Å². The third-order valence-corrected chi connectivity index (χ3v) is 6.05. The number of hydrogen-bond donors (Lipinski definition) is 3. The highest BCUT2D eigenvalue weighted by atomic mass is 79.9. The van der Waals surface area contributed by atoms with Gasteiger partial charge in [-0.15, -0.1) is 0 Å². The van der Waals surface area contributed by atoms with Crippen molar-refractivity contribution >= 4 is 51.0 Å². The number of amides is 2. The lowest BCUT2D eigenvalue weighted by atomic mass is 10.0. The van der Waals surface area contributed by atoms with Crippen molar-refractivity contribution < 1.29 is 14.4 Å². The average Bonchev–Trinajstić information content (AvgIpc) is 2.79. The van der Waals surface area contributed by atoms with Crippen molar-refractivity contribution in [1.29, 1.82) is 0 Å². The van der Waals surface area contributed by atoms with Crippen LogP contribution in [0.2, 0.25) is 0 Å². The maximum atomic E-state index is 12.3. The Balaban J connectivity index is 2.10. The molecule has 0 fully saturated rings. The molecule has 0 spiro atoms.